The Labute approximate surface area is 128 Å². The second kappa shape index (κ2) is 4.84. The van der Waals surface area contributed by atoms with Crippen molar-refractivity contribution in [3.05, 3.63) is 42.4 Å². The van der Waals surface area contributed by atoms with Gasteiger partial charge in [0, 0.05) is 17.7 Å². The molecule has 0 aliphatic heterocycles. The van der Waals surface area contributed by atoms with Crippen molar-refractivity contribution in [2.24, 2.45) is 0 Å². The summed E-state index contributed by atoms with van der Waals surface area (Å²) in [6, 6.07) is 6.80. The van der Waals surface area contributed by atoms with E-state index in [0.29, 0.717) is 11.2 Å². The van der Waals surface area contributed by atoms with E-state index in [-0.39, 0.29) is 16.2 Å². The Morgan fingerprint density at radius 3 is 2.73 bits per heavy atom. The van der Waals surface area contributed by atoms with Crippen LogP contribution in [0.25, 0.3) is 5.52 Å². The third-order valence-electron chi connectivity index (χ3n) is 3.19. The molecular formula is C14H16N4O3S. The first kappa shape index (κ1) is 14.6. The van der Waals surface area contributed by atoms with E-state index in [9.17, 15) is 8.42 Å². The van der Waals surface area contributed by atoms with Crippen molar-refractivity contribution in [3.8, 4) is 0 Å². The van der Waals surface area contributed by atoms with Crippen LogP contribution in [0.4, 0.5) is 5.88 Å². The number of nitrogens with one attached hydrogen (secondary N) is 1. The summed E-state index contributed by atoms with van der Waals surface area (Å²) in [7, 11) is -3.80. The van der Waals surface area contributed by atoms with E-state index in [0.717, 1.165) is 0 Å². The van der Waals surface area contributed by atoms with Gasteiger partial charge in [0.2, 0.25) is 5.88 Å². The zero-order chi connectivity index (χ0) is 16.0. The van der Waals surface area contributed by atoms with E-state index in [2.05, 4.69) is 15.0 Å². The van der Waals surface area contributed by atoms with Crippen molar-refractivity contribution in [1.82, 2.24) is 14.8 Å². The quantitative estimate of drug-likeness (QED) is 0.800. The molecule has 0 unspecified atom stereocenters. The van der Waals surface area contributed by atoms with Gasteiger partial charge >= 0.3 is 0 Å². The summed E-state index contributed by atoms with van der Waals surface area (Å²) >= 11 is 0. The van der Waals surface area contributed by atoms with Gasteiger partial charge in [0.15, 0.2) is 0 Å². The highest BCUT2D eigenvalue weighted by atomic mass is 32.2. The van der Waals surface area contributed by atoms with E-state index >= 15 is 0 Å². The van der Waals surface area contributed by atoms with Crippen LogP contribution in [0.2, 0.25) is 0 Å². The van der Waals surface area contributed by atoms with Gasteiger partial charge in [0.1, 0.15) is 4.90 Å². The van der Waals surface area contributed by atoms with Crippen LogP contribution in [0.5, 0.6) is 0 Å². The highest BCUT2D eigenvalue weighted by molar-refractivity contribution is 7.93. The summed E-state index contributed by atoms with van der Waals surface area (Å²) in [6.45, 7) is 5.90. The summed E-state index contributed by atoms with van der Waals surface area (Å²) in [5, 5.41) is 7.91. The number of pyridine rings is 1. The SMILES string of the molecule is CC(C)(C)c1cc(NS(=O)(=O)c2cnn3ccccc23)on1. The normalized spacial score (nSPS) is 12.7. The number of rotatable bonds is 3. The molecule has 0 fully saturated rings. The Hall–Kier alpha value is -2.35. The Balaban J connectivity index is 1.96. The summed E-state index contributed by atoms with van der Waals surface area (Å²) < 4.78 is 33.9. The maximum absolute atomic E-state index is 12.5. The molecule has 0 atom stereocenters. The molecule has 3 rings (SSSR count). The first-order chi connectivity index (χ1) is 10.3. The van der Waals surface area contributed by atoms with E-state index < -0.39 is 10.0 Å². The van der Waals surface area contributed by atoms with Crippen molar-refractivity contribution < 1.29 is 12.9 Å². The molecule has 7 nitrogen and oxygen atoms in total. The van der Waals surface area contributed by atoms with Gasteiger partial charge in [-0.15, -0.1) is 0 Å². The standard InChI is InChI=1S/C14H16N4O3S/c1-14(2,3)12-8-13(21-16-12)17-22(19,20)11-9-15-18-7-5-4-6-10(11)18/h4-9,17H,1-3H3. The van der Waals surface area contributed by atoms with Gasteiger partial charge in [-0.05, 0) is 12.1 Å². The van der Waals surface area contributed by atoms with Crippen LogP contribution in [0.15, 0.2) is 46.1 Å². The molecule has 1 N–H and O–H groups in total. The van der Waals surface area contributed by atoms with Crippen LogP contribution in [-0.2, 0) is 15.4 Å². The lowest BCUT2D eigenvalue weighted by atomic mass is 9.92. The molecular weight excluding hydrogens is 304 g/mol. The second-order valence-corrected chi connectivity index (χ2v) is 7.62. The molecule has 0 saturated heterocycles. The number of anilines is 1. The van der Waals surface area contributed by atoms with Crippen LogP contribution in [0.1, 0.15) is 26.5 Å². The fourth-order valence-electron chi connectivity index (χ4n) is 1.98. The third-order valence-corrected chi connectivity index (χ3v) is 4.56. The molecule has 0 aliphatic carbocycles. The number of hydrogen-bond donors (Lipinski definition) is 1. The lowest BCUT2D eigenvalue weighted by Crippen LogP contribution is -2.13. The van der Waals surface area contributed by atoms with Gasteiger partial charge in [-0.25, -0.2) is 17.7 Å². The summed E-state index contributed by atoms with van der Waals surface area (Å²) in [4.78, 5) is 0.0850. The van der Waals surface area contributed by atoms with E-state index in [1.165, 1.54) is 10.7 Å². The predicted octanol–water partition coefficient (Wildman–Crippen LogP) is 2.42. The first-order valence-electron chi connectivity index (χ1n) is 6.70. The fourth-order valence-corrected chi connectivity index (χ4v) is 3.08. The van der Waals surface area contributed by atoms with E-state index in [4.69, 9.17) is 4.52 Å². The highest BCUT2D eigenvalue weighted by Crippen LogP contribution is 2.26. The molecule has 0 spiro atoms. The number of hydrogen-bond acceptors (Lipinski definition) is 5. The van der Waals surface area contributed by atoms with Gasteiger partial charge in [-0.3, -0.25) is 0 Å². The van der Waals surface area contributed by atoms with Gasteiger partial charge in [-0.1, -0.05) is 32.0 Å². The zero-order valence-corrected chi connectivity index (χ0v) is 13.3. The molecule has 8 heteroatoms. The second-order valence-electron chi connectivity index (χ2n) is 5.97. The smallest absolute Gasteiger partial charge is 0.268 e. The van der Waals surface area contributed by atoms with Crippen LogP contribution in [0.3, 0.4) is 0 Å². The van der Waals surface area contributed by atoms with Gasteiger partial charge < -0.3 is 4.52 Å². The lowest BCUT2D eigenvalue weighted by Gasteiger charge is -2.12. The Kier molecular flexibility index (Phi) is 3.21. The molecule has 0 radical (unpaired) electrons. The molecule has 0 amide bonds. The number of nitrogens with zero attached hydrogens (tertiary/aromatic N) is 3. The Morgan fingerprint density at radius 1 is 1.27 bits per heavy atom. The molecule has 3 heterocycles. The monoisotopic (exact) mass is 320 g/mol. The number of fused-ring (bicyclic) bond motifs is 1. The molecule has 0 bridgehead atoms. The number of aromatic nitrogens is 3. The third kappa shape index (κ3) is 2.57. The molecule has 0 saturated carbocycles. The largest absolute Gasteiger partial charge is 0.338 e. The maximum Gasteiger partial charge on any atom is 0.268 e. The molecule has 116 valence electrons. The minimum absolute atomic E-state index is 0.0835. The molecule has 0 aliphatic rings. The minimum atomic E-state index is -3.80. The van der Waals surface area contributed by atoms with Gasteiger partial charge in [0.05, 0.1) is 17.4 Å². The van der Waals surface area contributed by atoms with Crippen LogP contribution >= 0.6 is 0 Å². The molecule has 22 heavy (non-hydrogen) atoms. The summed E-state index contributed by atoms with van der Waals surface area (Å²) in [5.41, 5.74) is 0.938. The van der Waals surface area contributed by atoms with Crippen molar-refractivity contribution in [3.63, 3.8) is 0 Å². The zero-order valence-electron chi connectivity index (χ0n) is 12.4. The Bertz CT molecular complexity index is 919. The lowest BCUT2D eigenvalue weighted by molar-refractivity contribution is 0.405. The average Bonchev–Trinajstić information content (AvgIpc) is 3.03. The minimum Gasteiger partial charge on any atom is -0.338 e. The van der Waals surface area contributed by atoms with E-state index in [1.54, 1.807) is 30.5 Å². The van der Waals surface area contributed by atoms with Gasteiger partial charge in [-0.2, -0.15) is 5.10 Å². The Morgan fingerprint density at radius 2 is 2.05 bits per heavy atom. The highest BCUT2D eigenvalue weighted by Gasteiger charge is 2.24. The van der Waals surface area contributed by atoms with Crippen LogP contribution < -0.4 is 4.72 Å². The maximum atomic E-state index is 12.5. The van der Waals surface area contributed by atoms with Crippen molar-refractivity contribution in [2.45, 2.75) is 31.1 Å². The van der Waals surface area contributed by atoms with E-state index in [1.807, 2.05) is 20.8 Å². The molecule has 3 aromatic rings. The number of sulfonamides is 1. The summed E-state index contributed by atoms with van der Waals surface area (Å²) in [6.07, 6.45) is 2.99. The van der Waals surface area contributed by atoms with Crippen molar-refractivity contribution >= 4 is 21.4 Å². The predicted molar refractivity (Wildman–Crippen MR) is 81.2 cm³/mol. The molecule has 0 aromatic carbocycles. The first-order valence-corrected chi connectivity index (χ1v) is 8.18. The van der Waals surface area contributed by atoms with Crippen LogP contribution in [0, 0.1) is 0 Å². The topological polar surface area (TPSA) is 89.5 Å². The average molecular weight is 320 g/mol. The van der Waals surface area contributed by atoms with Crippen molar-refractivity contribution in [1.29, 1.82) is 0 Å². The molecule has 3 aromatic heterocycles. The van der Waals surface area contributed by atoms with Gasteiger partial charge in [0.25, 0.3) is 10.0 Å². The van der Waals surface area contributed by atoms with Crippen LogP contribution in [-0.4, -0.2) is 23.2 Å². The fraction of sp³-hybridized carbons (Fsp3) is 0.286. The van der Waals surface area contributed by atoms with Crippen molar-refractivity contribution in [2.75, 3.05) is 4.72 Å². The summed E-state index contributed by atoms with van der Waals surface area (Å²) in [5.74, 6) is 0.0835.